The summed E-state index contributed by atoms with van der Waals surface area (Å²) in [5.74, 6) is 1.16. The molecular weight excluding hydrogens is 308 g/mol. The van der Waals surface area contributed by atoms with Crippen LogP contribution in [-0.2, 0) is 16.1 Å². The molecule has 126 valence electrons. The molecule has 1 aromatic heterocycles. The van der Waals surface area contributed by atoms with E-state index in [1.165, 1.54) is 18.4 Å². The van der Waals surface area contributed by atoms with Gasteiger partial charge in [0.25, 0.3) is 0 Å². The molecule has 1 atom stereocenters. The van der Waals surface area contributed by atoms with E-state index in [0.29, 0.717) is 0 Å². The summed E-state index contributed by atoms with van der Waals surface area (Å²) < 4.78 is 5.59. The molecule has 3 aliphatic rings. The number of hydrogen-bond acceptors (Lipinski definition) is 4. The van der Waals surface area contributed by atoms with Crippen molar-refractivity contribution in [1.29, 1.82) is 0 Å². The van der Waals surface area contributed by atoms with Gasteiger partial charge in [0.15, 0.2) is 0 Å². The minimum absolute atomic E-state index is 0.127. The molecule has 5 heteroatoms. The van der Waals surface area contributed by atoms with Crippen molar-refractivity contribution in [2.75, 3.05) is 32.8 Å². The standard InChI is InChI=1S/C18H26N2O2S/c21-17(19-9-14-1-2-14)16-11-20(10-15-3-8-23-12-15)13-18(16)4-6-22-7-5-18/h3,8,12,14,16H,1-2,4-7,9-11,13H2,(H,19,21). The number of carbonyl (C=O) groups excluding carboxylic acids is 1. The van der Waals surface area contributed by atoms with Crippen LogP contribution in [0.15, 0.2) is 16.8 Å². The van der Waals surface area contributed by atoms with Gasteiger partial charge in [0.05, 0.1) is 5.92 Å². The molecule has 1 aromatic rings. The summed E-state index contributed by atoms with van der Waals surface area (Å²) in [5.41, 5.74) is 1.50. The van der Waals surface area contributed by atoms with Crippen LogP contribution in [0.2, 0.25) is 0 Å². The lowest BCUT2D eigenvalue weighted by molar-refractivity contribution is -0.129. The molecule has 3 fully saturated rings. The van der Waals surface area contributed by atoms with E-state index in [4.69, 9.17) is 4.74 Å². The fourth-order valence-electron chi connectivity index (χ4n) is 4.17. The third kappa shape index (κ3) is 3.47. The van der Waals surface area contributed by atoms with Crippen molar-refractivity contribution in [3.8, 4) is 0 Å². The van der Waals surface area contributed by atoms with Gasteiger partial charge in [-0.2, -0.15) is 11.3 Å². The second-order valence-electron chi connectivity index (χ2n) is 7.52. The predicted molar refractivity (Wildman–Crippen MR) is 91.3 cm³/mol. The Labute approximate surface area is 142 Å². The lowest BCUT2D eigenvalue weighted by Gasteiger charge is -2.37. The Kier molecular flexibility index (Phi) is 4.43. The zero-order chi connectivity index (χ0) is 15.7. The number of rotatable bonds is 5. The number of nitrogens with zero attached hydrogens (tertiary/aromatic N) is 1. The summed E-state index contributed by atoms with van der Waals surface area (Å²) in [6, 6.07) is 2.20. The van der Waals surface area contributed by atoms with E-state index in [1.54, 1.807) is 11.3 Å². The highest BCUT2D eigenvalue weighted by molar-refractivity contribution is 7.07. The maximum absolute atomic E-state index is 12.8. The Morgan fingerprint density at radius 3 is 2.91 bits per heavy atom. The summed E-state index contributed by atoms with van der Waals surface area (Å²) in [6.07, 6.45) is 4.62. The smallest absolute Gasteiger partial charge is 0.225 e. The zero-order valence-electron chi connectivity index (χ0n) is 13.6. The molecule has 23 heavy (non-hydrogen) atoms. The van der Waals surface area contributed by atoms with E-state index in [9.17, 15) is 4.79 Å². The predicted octanol–water partition coefficient (Wildman–Crippen LogP) is 2.50. The summed E-state index contributed by atoms with van der Waals surface area (Å²) in [5, 5.41) is 7.59. The zero-order valence-corrected chi connectivity index (χ0v) is 14.4. The van der Waals surface area contributed by atoms with E-state index in [0.717, 1.165) is 58.2 Å². The second-order valence-corrected chi connectivity index (χ2v) is 8.30. The topological polar surface area (TPSA) is 41.6 Å². The van der Waals surface area contributed by atoms with E-state index in [-0.39, 0.29) is 17.2 Å². The van der Waals surface area contributed by atoms with Gasteiger partial charge in [0.2, 0.25) is 5.91 Å². The van der Waals surface area contributed by atoms with Gasteiger partial charge in [-0.1, -0.05) is 0 Å². The van der Waals surface area contributed by atoms with Crippen LogP contribution in [0.4, 0.5) is 0 Å². The minimum atomic E-state index is 0.127. The van der Waals surface area contributed by atoms with E-state index < -0.39 is 0 Å². The lowest BCUT2D eigenvalue weighted by atomic mass is 9.71. The van der Waals surface area contributed by atoms with Crippen LogP contribution >= 0.6 is 11.3 Å². The van der Waals surface area contributed by atoms with Crippen molar-refractivity contribution in [3.63, 3.8) is 0 Å². The number of hydrogen-bond donors (Lipinski definition) is 1. The van der Waals surface area contributed by atoms with Gasteiger partial charge in [-0.3, -0.25) is 9.69 Å². The fourth-order valence-corrected chi connectivity index (χ4v) is 4.83. The summed E-state index contributed by atoms with van der Waals surface area (Å²) >= 11 is 1.75. The van der Waals surface area contributed by atoms with Crippen LogP contribution in [0.5, 0.6) is 0 Å². The first kappa shape index (κ1) is 15.6. The summed E-state index contributed by atoms with van der Waals surface area (Å²) in [7, 11) is 0. The highest BCUT2D eigenvalue weighted by atomic mass is 32.1. The first-order valence-electron chi connectivity index (χ1n) is 8.84. The number of likely N-dealkylation sites (tertiary alicyclic amines) is 1. The summed E-state index contributed by atoms with van der Waals surface area (Å²) in [6.45, 7) is 5.39. The normalized spacial score (nSPS) is 27.4. The van der Waals surface area contributed by atoms with Crippen molar-refractivity contribution in [2.45, 2.75) is 32.2 Å². The van der Waals surface area contributed by atoms with Crippen molar-refractivity contribution in [2.24, 2.45) is 17.3 Å². The molecule has 2 aliphatic heterocycles. The first-order valence-corrected chi connectivity index (χ1v) is 9.78. The van der Waals surface area contributed by atoms with Crippen molar-refractivity contribution in [1.82, 2.24) is 10.2 Å². The van der Waals surface area contributed by atoms with Crippen LogP contribution < -0.4 is 5.32 Å². The Morgan fingerprint density at radius 2 is 2.22 bits per heavy atom. The molecule has 1 unspecified atom stereocenters. The molecule has 1 saturated carbocycles. The number of thiophene rings is 1. The largest absolute Gasteiger partial charge is 0.381 e. The molecule has 1 spiro atoms. The van der Waals surface area contributed by atoms with E-state index in [2.05, 4.69) is 27.0 Å². The molecule has 4 nitrogen and oxygen atoms in total. The molecule has 0 aromatic carbocycles. The van der Waals surface area contributed by atoms with Gasteiger partial charge in [-0.25, -0.2) is 0 Å². The van der Waals surface area contributed by atoms with Crippen LogP contribution in [0.3, 0.4) is 0 Å². The van der Waals surface area contributed by atoms with Crippen LogP contribution in [0, 0.1) is 17.3 Å². The SMILES string of the molecule is O=C(NCC1CC1)C1CN(Cc2ccsc2)CC12CCOCC2. The van der Waals surface area contributed by atoms with Crippen molar-refractivity contribution < 1.29 is 9.53 Å². The van der Waals surface area contributed by atoms with Crippen LogP contribution in [0.1, 0.15) is 31.2 Å². The first-order chi connectivity index (χ1) is 11.3. The van der Waals surface area contributed by atoms with Gasteiger partial charge in [-0.05, 0) is 54.0 Å². The monoisotopic (exact) mass is 334 g/mol. The highest BCUT2D eigenvalue weighted by Crippen LogP contribution is 2.45. The van der Waals surface area contributed by atoms with E-state index in [1.807, 2.05) is 0 Å². The number of carbonyl (C=O) groups is 1. The van der Waals surface area contributed by atoms with Gasteiger partial charge < -0.3 is 10.1 Å². The van der Waals surface area contributed by atoms with Crippen molar-refractivity contribution in [3.05, 3.63) is 22.4 Å². The average Bonchev–Trinajstić information content (AvgIpc) is 3.14. The van der Waals surface area contributed by atoms with Crippen LogP contribution in [0.25, 0.3) is 0 Å². The maximum atomic E-state index is 12.8. The highest BCUT2D eigenvalue weighted by Gasteiger charge is 2.50. The molecule has 0 radical (unpaired) electrons. The van der Waals surface area contributed by atoms with Gasteiger partial charge in [-0.15, -0.1) is 0 Å². The lowest BCUT2D eigenvalue weighted by Crippen LogP contribution is -2.44. The minimum Gasteiger partial charge on any atom is -0.381 e. The average molecular weight is 334 g/mol. The molecule has 2 saturated heterocycles. The number of nitrogens with one attached hydrogen (secondary N) is 1. The Morgan fingerprint density at radius 1 is 1.39 bits per heavy atom. The third-order valence-electron chi connectivity index (χ3n) is 5.77. The molecule has 1 N–H and O–H groups in total. The number of ether oxygens (including phenoxy) is 1. The second kappa shape index (κ2) is 6.54. The molecular formula is C18H26N2O2S. The Bertz CT molecular complexity index is 535. The summed E-state index contributed by atoms with van der Waals surface area (Å²) in [4.78, 5) is 15.3. The third-order valence-corrected chi connectivity index (χ3v) is 6.50. The number of amides is 1. The maximum Gasteiger partial charge on any atom is 0.225 e. The Hall–Kier alpha value is -0.910. The quantitative estimate of drug-likeness (QED) is 0.899. The van der Waals surface area contributed by atoms with Crippen LogP contribution in [-0.4, -0.2) is 43.7 Å². The van der Waals surface area contributed by atoms with Gasteiger partial charge >= 0.3 is 0 Å². The van der Waals surface area contributed by atoms with Gasteiger partial charge in [0, 0.05) is 44.8 Å². The molecule has 3 heterocycles. The van der Waals surface area contributed by atoms with E-state index >= 15 is 0 Å². The van der Waals surface area contributed by atoms with Crippen molar-refractivity contribution >= 4 is 17.2 Å². The molecule has 1 amide bonds. The van der Waals surface area contributed by atoms with Gasteiger partial charge in [0.1, 0.15) is 0 Å². The fraction of sp³-hybridized carbons (Fsp3) is 0.722. The molecule has 1 aliphatic carbocycles. The molecule has 0 bridgehead atoms. The molecule has 4 rings (SSSR count). The Balaban J connectivity index is 1.45.